The zero-order chi connectivity index (χ0) is 9.14. The molecule has 0 bridgehead atoms. The fourth-order valence-electron chi connectivity index (χ4n) is 0.693. The van der Waals surface area contributed by atoms with Gasteiger partial charge < -0.3 is 14.5 Å². The highest BCUT2D eigenvalue weighted by Gasteiger charge is 2.12. The van der Waals surface area contributed by atoms with Crippen molar-refractivity contribution in [2.75, 3.05) is 18.5 Å². The molecule has 5 nitrogen and oxygen atoms in total. The normalized spacial score (nSPS) is 13.0. The van der Waals surface area contributed by atoms with Crippen molar-refractivity contribution in [1.82, 2.24) is 10.1 Å². The van der Waals surface area contributed by atoms with Gasteiger partial charge in [0, 0.05) is 13.6 Å². The molecule has 1 rings (SSSR count). The molecule has 0 radical (unpaired) electrons. The molecule has 1 heterocycles. The van der Waals surface area contributed by atoms with Crippen LogP contribution in [0.4, 0.5) is 5.95 Å². The van der Waals surface area contributed by atoms with E-state index in [9.17, 15) is 0 Å². The third kappa shape index (κ3) is 1.73. The second kappa shape index (κ2) is 3.53. The van der Waals surface area contributed by atoms with Crippen molar-refractivity contribution in [1.29, 1.82) is 0 Å². The van der Waals surface area contributed by atoms with E-state index >= 15 is 0 Å². The van der Waals surface area contributed by atoms with Crippen LogP contribution in [-0.4, -0.2) is 28.8 Å². The average Bonchev–Trinajstić information content (AvgIpc) is 2.51. The van der Waals surface area contributed by atoms with Gasteiger partial charge in [0.25, 0.3) is 11.8 Å². The molecule has 0 spiro atoms. The highest BCUT2D eigenvalue weighted by atomic mass is 16.5. The third-order valence-electron chi connectivity index (χ3n) is 1.60. The summed E-state index contributed by atoms with van der Waals surface area (Å²) in [5.41, 5.74) is 0. The van der Waals surface area contributed by atoms with E-state index in [0.29, 0.717) is 5.95 Å². The molecular formula is C7H13N3O2. The molecule has 0 aliphatic carbocycles. The molecule has 0 saturated heterocycles. The fourth-order valence-corrected chi connectivity index (χ4v) is 0.693. The lowest BCUT2D eigenvalue weighted by Crippen LogP contribution is -2.17. The molecule has 1 atom stereocenters. The van der Waals surface area contributed by atoms with Crippen LogP contribution in [0.1, 0.15) is 25.8 Å². The molecule has 1 N–H and O–H groups in total. The van der Waals surface area contributed by atoms with Gasteiger partial charge >= 0.3 is 0 Å². The Morgan fingerprint density at radius 3 is 2.75 bits per heavy atom. The zero-order valence-corrected chi connectivity index (χ0v) is 7.48. The van der Waals surface area contributed by atoms with Crippen molar-refractivity contribution >= 4 is 5.95 Å². The Labute approximate surface area is 71.0 Å². The smallest absolute Gasteiger partial charge is 0.265 e. The maximum Gasteiger partial charge on any atom is 0.265 e. The summed E-state index contributed by atoms with van der Waals surface area (Å²) in [6.07, 6.45) is -0.698. The largest absolute Gasteiger partial charge is 0.384 e. The Bertz CT molecular complexity index is 247. The van der Waals surface area contributed by atoms with Crippen LogP contribution in [0.2, 0.25) is 0 Å². The van der Waals surface area contributed by atoms with Crippen LogP contribution >= 0.6 is 0 Å². The quantitative estimate of drug-likeness (QED) is 0.720. The van der Waals surface area contributed by atoms with Crippen molar-refractivity contribution in [3.63, 3.8) is 0 Å². The molecule has 0 saturated carbocycles. The molecule has 12 heavy (non-hydrogen) atoms. The Morgan fingerprint density at radius 2 is 2.33 bits per heavy atom. The van der Waals surface area contributed by atoms with Crippen LogP contribution in [0.5, 0.6) is 0 Å². The summed E-state index contributed by atoms with van der Waals surface area (Å²) in [5.74, 6) is 0.763. The number of hydrogen-bond acceptors (Lipinski definition) is 5. The van der Waals surface area contributed by atoms with E-state index in [0.717, 1.165) is 6.54 Å². The second-order valence-electron chi connectivity index (χ2n) is 2.62. The Balaban J connectivity index is 2.77. The predicted molar refractivity (Wildman–Crippen MR) is 43.9 cm³/mol. The van der Waals surface area contributed by atoms with E-state index in [-0.39, 0.29) is 5.89 Å². The van der Waals surface area contributed by atoms with E-state index in [1.807, 2.05) is 18.9 Å². The van der Waals surface area contributed by atoms with Crippen LogP contribution in [0, 0.1) is 0 Å². The third-order valence-corrected chi connectivity index (χ3v) is 1.60. The average molecular weight is 171 g/mol. The molecule has 5 heteroatoms. The molecule has 0 fully saturated rings. The van der Waals surface area contributed by atoms with Crippen LogP contribution in [0.15, 0.2) is 4.52 Å². The molecule has 68 valence electrons. The summed E-state index contributed by atoms with van der Waals surface area (Å²) >= 11 is 0. The molecule has 1 aromatic rings. The number of rotatable bonds is 3. The van der Waals surface area contributed by atoms with Gasteiger partial charge in [0.2, 0.25) is 0 Å². The van der Waals surface area contributed by atoms with Crippen LogP contribution in [-0.2, 0) is 0 Å². The first-order chi connectivity index (χ1) is 5.65. The first-order valence-corrected chi connectivity index (χ1v) is 3.88. The summed E-state index contributed by atoms with van der Waals surface area (Å²) < 4.78 is 4.80. The summed E-state index contributed by atoms with van der Waals surface area (Å²) in [6, 6.07) is 0. The van der Waals surface area contributed by atoms with Crippen LogP contribution < -0.4 is 4.90 Å². The molecular weight excluding hydrogens is 158 g/mol. The molecule has 0 aliphatic rings. The summed E-state index contributed by atoms with van der Waals surface area (Å²) in [7, 11) is 1.86. The Kier molecular flexibility index (Phi) is 2.65. The summed E-state index contributed by atoms with van der Waals surface area (Å²) in [4.78, 5) is 5.81. The summed E-state index contributed by atoms with van der Waals surface area (Å²) in [5, 5.41) is 12.8. The number of aliphatic hydroxyl groups is 1. The minimum absolute atomic E-state index is 0.255. The van der Waals surface area contributed by atoms with Crippen molar-refractivity contribution in [2.24, 2.45) is 0 Å². The standard InChI is InChI=1S/C7H13N3O2/c1-4-10(3)7-8-6(5(2)11)12-9-7/h5,11H,4H2,1-3H3/t5-/m0/s1. The van der Waals surface area contributed by atoms with Gasteiger partial charge in [0.1, 0.15) is 6.10 Å². The van der Waals surface area contributed by atoms with Crippen molar-refractivity contribution < 1.29 is 9.63 Å². The second-order valence-corrected chi connectivity index (χ2v) is 2.62. The van der Waals surface area contributed by atoms with Gasteiger partial charge in [0.05, 0.1) is 0 Å². The molecule has 0 amide bonds. The first-order valence-electron chi connectivity index (χ1n) is 3.88. The fraction of sp³-hybridized carbons (Fsp3) is 0.714. The van der Waals surface area contributed by atoms with Gasteiger partial charge in [-0.15, -0.1) is 0 Å². The minimum atomic E-state index is -0.698. The van der Waals surface area contributed by atoms with Crippen LogP contribution in [0.25, 0.3) is 0 Å². The van der Waals surface area contributed by atoms with Gasteiger partial charge in [-0.1, -0.05) is 0 Å². The monoisotopic (exact) mass is 171 g/mol. The maximum absolute atomic E-state index is 9.08. The number of aliphatic hydroxyl groups excluding tert-OH is 1. The molecule has 0 unspecified atom stereocenters. The number of anilines is 1. The highest BCUT2D eigenvalue weighted by Crippen LogP contribution is 2.12. The Hall–Kier alpha value is -1.10. The predicted octanol–water partition coefficient (Wildman–Crippen LogP) is 0.579. The van der Waals surface area contributed by atoms with Gasteiger partial charge in [-0.3, -0.25) is 0 Å². The highest BCUT2D eigenvalue weighted by molar-refractivity contribution is 5.25. The van der Waals surface area contributed by atoms with Crippen molar-refractivity contribution in [3.8, 4) is 0 Å². The number of aromatic nitrogens is 2. The lowest BCUT2D eigenvalue weighted by molar-refractivity contribution is 0.152. The first kappa shape index (κ1) is 8.99. The number of hydrogen-bond donors (Lipinski definition) is 1. The lowest BCUT2D eigenvalue weighted by Gasteiger charge is -2.08. The van der Waals surface area contributed by atoms with Crippen molar-refractivity contribution in [2.45, 2.75) is 20.0 Å². The van der Waals surface area contributed by atoms with Gasteiger partial charge in [-0.2, -0.15) is 4.98 Å². The van der Waals surface area contributed by atoms with Gasteiger partial charge in [-0.05, 0) is 19.0 Å². The maximum atomic E-state index is 9.08. The molecule has 0 aliphatic heterocycles. The van der Waals surface area contributed by atoms with E-state index < -0.39 is 6.10 Å². The van der Waals surface area contributed by atoms with Gasteiger partial charge in [0.15, 0.2) is 0 Å². The lowest BCUT2D eigenvalue weighted by atomic mass is 10.4. The number of nitrogens with zero attached hydrogens (tertiary/aromatic N) is 3. The van der Waals surface area contributed by atoms with E-state index in [1.54, 1.807) is 6.92 Å². The Morgan fingerprint density at radius 1 is 1.67 bits per heavy atom. The molecule has 0 aromatic carbocycles. The topological polar surface area (TPSA) is 62.4 Å². The zero-order valence-electron chi connectivity index (χ0n) is 7.48. The van der Waals surface area contributed by atoms with Gasteiger partial charge in [-0.25, -0.2) is 0 Å². The minimum Gasteiger partial charge on any atom is -0.384 e. The SMILES string of the molecule is CCN(C)c1noc([C@H](C)O)n1. The van der Waals surface area contributed by atoms with E-state index in [2.05, 4.69) is 10.1 Å². The molecule has 1 aromatic heterocycles. The van der Waals surface area contributed by atoms with Crippen LogP contribution in [0.3, 0.4) is 0 Å². The van der Waals surface area contributed by atoms with E-state index in [1.165, 1.54) is 0 Å². The van der Waals surface area contributed by atoms with Crippen molar-refractivity contribution in [3.05, 3.63) is 5.89 Å². The summed E-state index contributed by atoms with van der Waals surface area (Å²) in [6.45, 7) is 4.38. The van der Waals surface area contributed by atoms with E-state index in [4.69, 9.17) is 9.63 Å².